The third-order valence-electron chi connectivity index (χ3n) is 4.02. The quantitative estimate of drug-likeness (QED) is 0.476. The molecule has 1 aromatic carbocycles. The molecule has 0 bridgehead atoms. The van der Waals surface area contributed by atoms with Gasteiger partial charge in [0.2, 0.25) is 0 Å². The lowest BCUT2D eigenvalue weighted by Crippen LogP contribution is -2.39. The topological polar surface area (TPSA) is 90.2 Å². The zero-order valence-corrected chi connectivity index (χ0v) is 17.7. The van der Waals surface area contributed by atoms with Crippen LogP contribution in [0.1, 0.15) is 39.1 Å². The van der Waals surface area contributed by atoms with E-state index in [0.29, 0.717) is 30.7 Å². The van der Waals surface area contributed by atoms with Gasteiger partial charge < -0.3 is 9.64 Å². The number of hydrogen-bond donors (Lipinski definition) is 0. The molecule has 1 amide bonds. The number of esters is 1. The lowest BCUT2D eigenvalue weighted by molar-refractivity contribution is -0.148. The fraction of sp³-hybridized carbons (Fsp3) is 0.476. The monoisotopic (exact) mass is 399 g/mol. The Kier molecular flexibility index (Phi) is 8.06. The molecule has 156 valence electrons. The molecule has 2 rings (SSSR count). The fourth-order valence-electron chi connectivity index (χ4n) is 2.82. The molecule has 0 spiro atoms. The lowest BCUT2D eigenvalue weighted by atomic mass is 10.1. The van der Waals surface area contributed by atoms with Crippen LogP contribution in [-0.2, 0) is 14.3 Å². The second-order valence-electron chi connectivity index (χ2n) is 7.74. The molecule has 0 saturated heterocycles. The summed E-state index contributed by atoms with van der Waals surface area (Å²) in [5.74, 6) is 0.216. The molecule has 0 radical (unpaired) electrons. The number of benzene rings is 1. The molecule has 0 N–H and O–H groups in total. The smallest absolute Gasteiger partial charge is 0.357 e. The molecular weight excluding hydrogens is 370 g/mol. The molecule has 0 atom stereocenters. The molecule has 2 aromatic rings. The number of aryl methyl sites for hydroxylation is 1. The molecule has 0 fully saturated rings. The van der Waals surface area contributed by atoms with Gasteiger partial charge in [0, 0.05) is 13.1 Å². The Morgan fingerprint density at radius 2 is 1.72 bits per heavy atom. The number of ether oxygens (including phenoxy) is 1. The second kappa shape index (κ2) is 10.5. The largest absolute Gasteiger partial charge is 0.451 e. The number of tetrazole rings is 1. The number of carbonyl (C=O) groups excluding carboxylic acids is 2. The van der Waals surface area contributed by atoms with Crippen LogP contribution in [0.4, 0.5) is 0 Å². The van der Waals surface area contributed by atoms with Crippen LogP contribution < -0.4 is 0 Å². The number of nitrogens with zero attached hydrogens (tertiary/aromatic N) is 5. The molecule has 1 aromatic heterocycles. The van der Waals surface area contributed by atoms with Crippen molar-refractivity contribution in [2.75, 3.05) is 19.7 Å². The Bertz CT molecular complexity index is 833. The molecule has 0 saturated carbocycles. The summed E-state index contributed by atoms with van der Waals surface area (Å²) in [6.45, 7) is 10.8. The molecule has 0 aliphatic heterocycles. The fourth-order valence-corrected chi connectivity index (χ4v) is 2.82. The van der Waals surface area contributed by atoms with Crippen LogP contribution in [0.5, 0.6) is 0 Å². The van der Waals surface area contributed by atoms with Crippen LogP contribution in [0.3, 0.4) is 0 Å². The minimum absolute atomic E-state index is 0.144. The Hall–Kier alpha value is -3.03. The molecule has 29 heavy (non-hydrogen) atoms. The summed E-state index contributed by atoms with van der Waals surface area (Å²) in [6.07, 6.45) is 1.64. The van der Waals surface area contributed by atoms with Gasteiger partial charge in [0.05, 0.1) is 0 Å². The van der Waals surface area contributed by atoms with Crippen molar-refractivity contribution in [2.45, 2.75) is 34.6 Å². The minimum Gasteiger partial charge on any atom is -0.451 e. The van der Waals surface area contributed by atoms with Crippen LogP contribution in [0, 0.1) is 18.8 Å². The summed E-state index contributed by atoms with van der Waals surface area (Å²) in [6, 6.07) is 9.31. The van der Waals surface area contributed by atoms with Crippen molar-refractivity contribution < 1.29 is 14.3 Å². The highest BCUT2D eigenvalue weighted by Crippen LogP contribution is 2.14. The van der Waals surface area contributed by atoms with Gasteiger partial charge in [-0.3, -0.25) is 4.79 Å². The zero-order valence-electron chi connectivity index (χ0n) is 17.7. The first-order chi connectivity index (χ1) is 13.8. The molecule has 0 aliphatic rings. The summed E-state index contributed by atoms with van der Waals surface area (Å²) < 4.78 is 6.65. The van der Waals surface area contributed by atoms with Gasteiger partial charge in [-0.2, -0.15) is 4.68 Å². The van der Waals surface area contributed by atoms with Crippen molar-refractivity contribution >= 4 is 23.6 Å². The summed E-state index contributed by atoms with van der Waals surface area (Å²) in [5, 5.41) is 11.3. The molecule has 1 heterocycles. The number of amides is 1. The van der Waals surface area contributed by atoms with Gasteiger partial charge in [-0.05, 0) is 40.8 Å². The first kappa shape index (κ1) is 22.3. The maximum Gasteiger partial charge on any atom is 0.357 e. The van der Waals surface area contributed by atoms with E-state index >= 15 is 0 Å². The van der Waals surface area contributed by atoms with Crippen molar-refractivity contribution in [3.63, 3.8) is 0 Å². The summed E-state index contributed by atoms with van der Waals surface area (Å²) in [5.41, 5.74) is 0.938. The predicted octanol–water partition coefficient (Wildman–Crippen LogP) is 2.66. The van der Waals surface area contributed by atoms with E-state index in [2.05, 4.69) is 15.5 Å². The van der Waals surface area contributed by atoms with Crippen LogP contribution in [0.25, 0.3) is 11.8 Å². The summed E-state index contributed by atoms with van der Waals surface area (Å²) in [7, 11) is 0. The molecular formula is C21H29N5O3. The van der Waals surface area contributed by atoms with E-state index in [-0.39, 0.29) is 18.2 Å². The predicted molar refractivity (Wildman–Crippen MR) is 110 cm³/mol. The highest BCUT2D eigenvalue weighted by Gasteiger charge is 2.22. The summed E-state index contributed by atoms with van der Waals surface area (Å²) in [4.78, 5) is 27.2. The number of carbonyl (C=O) groups is 2. The van der Waals surface area contributed by atoms with Crippen LogP contribution >= 0.6 is 0 Å². The maximum absolute atomic E-state index is 12.8. The Balaban J connectivity index is 2.16. The Morgan fingerprint density at radius 1 is 1.10 bits per heavy atom. The van der Waals surface area contributed by atoms with Gasteiger partial charge >= 0.3 is 5.97 Å². The van der Waals surface area contributed by atoms with E-state index in [9.17, 15) is 9.59 Å². The van der Waals surface area contributed by atoms with E-state index in [1.165, 1.54) is 4.68 Å². The normalized spacial score (nSPS) is 11.8. The highest BCUT2D eigenvalue weighted by molar-refractivity contribution is 6.15. The van der Waals surface area contributed by atoms with E-state index in [4.69, 9.17) is 4.74 Å². The maximum atomic E-state index is 12.8. The van der Waals surface area contributed by atoms with Gasteiger partial charge in [-0.1, -0.05) is 58.0 Å². The van der Waals surface area contributed by atoms with E-state index in [1.807, 2.05) is 58.0 Å². The second-order valence-corrected chi connectivity index (χ2v) is 7.74. The standard InChI is InChI=1S/C21H29N5O3/c1-15(2)12-25(13-16(3)4)20(27)14-29-21(28)19(26-17(5)22-23-24-26)11-18-9-7-6-8-10-18/h6-11,15-16H,12-14H2,1-5H3/b19-11-. The van der Waals surface area contributed by atoms with E-state index in [1.54, 1.807) is 17.9 Å². The SMILES string of the molecule is Cc1nnnn1/C(=C\c1ccccc1)C(=O)OCC(=O)N(CC(C)C)CC(C)C. The summed E-state index contributed by atoms with van der Waals surface area (Å²) >= 11 is 0. The molecule has 0 aliphatic carbocycles. The highest BCUT2D eigenvalue weighted by atomic mass is 16.5. The average molecular weight is 399 g/mol. The number of aromatic nitrogens is 4. The van der Waals surface area contributed by atoms with Gasteiger partial charge in [0.15, 0.2) is 18.1 Å². The van der Waals surface area contributed by atoms with Crippen molar-refractivity contribution in [1.29, 1.82) is 0 Å². The van der Waals surface area contributed by atoms with Gasteiger partial charge in [0.1, 0.15) is 0 Å². The third kappa shape index (κ3) is 6.81. The van der Waals surface area contributed by atoms with Gasteiger partial charge in [0.25, 0.3) is 5.91 Å². The lowest BCUT2D eigenvalue weighted by Gasteiger charge is -2.26. The van der Waals surface area contributed by atoms with Crippen LogP contribution in [0.15, 0.2) is 30.3 Å². The first-order valence-electron chi connectivity index (χ1n) is 9.75. The Morgan fingerprint density at radius 3 is 2.24 bits per heavy atom. The number of hydrogen-bond acceptors (Lipinski definition) is 6. The molecule has 8 heteroatoms. The van der Waals surface area contributed by atoms with Crippen molar-refractivity contribution in [1.82, 2.24) is 25.1 Å². The zero-order chi connectivity index (χ0) is 21.4. The van der Waals surface area contributed by atoms with Crippen LogP contribution in [0.2, 0.25) is 0 Å². The first-order valence-corrected chi connectivity index (χ1v) is 9.75. The molecule has 0 unspecified atom stereocenters. The third-order valence-corrected chi connectivity index (χ3v) is 4.02. The van der Waals surface area contributed by atoms with Crippen LogP contribution in [-0.4, -0.2) is 56.7 Å². The van der Waals surface area contributed by atoms with Crippen molar-refractivity contribution in [3.8, 4) is 0 Å². The van der Waals surface area contributed by atoms with E-state index in [0.717, 1.165) is 5.56 Å². The van der Waals surface area contributed by atoms with Crippen molar-refractivity contribution in [2.24, 2.45) is 11.8 Å². The van der Waals surface area contributed by atoms with Gasteiger partial charge in [-0.25, -0.2) is 4.79 Å². The van der Waals surface area contributed by atoms with E-state index < -0.39 is 5.97 Å². The van der Waals surface area contributed by atoms with Crippen molar-refractivity contribution in [3.05, 3.63) is 41.7 Å². The van der Waals surface area contributed by atoms with Gasteiger partial charge in [-0.15, -0.1) is 5.10 Å². The average Bonchev–Trinajstić information content (AvgIpc) is 3.09. The number of rotatable bonds is 9. The molecule has 8 nitrogen and oxygen atoms in total. The minimum atomic E-state index is -0.661. The Labute approximate surface area is 171 Å².